The van der Waals surface area contributed by atoms with Crippen LogP contribution >= 0.6 is 7.82 Å². The van der Waals surface area contributed by atoms with Crippen molar-refractivity contribution in [1.29, 1.82) is 0 Å². The third kappa shape index (κ3) is 52.1. The highest BCUT2D eigenvalue weighted by Gasteiger charge is 2.27. The number of hydrogen-bond donors (Lipinski definition) is 1. The number of unbranched alkanes of at least 4 members (excludes halogenated alkanes) is 25. The Bertz CT molecular complexity index is 1510. The number of quaternary nitrogens is 1. The molecule has 0 heterocycles. The number of nitrogens with one attached hydrogen (secondary N) is 1. The zero-order valence-electron chi connectivity index (χ0n) is 47.4. The number of phosphoric ester groups is 1. The summed E-state index contributed by atoms with van der Waals surface area (Å²) < 4.78 is 30.2. The van der Waals surface area contributed by atoms with Crippen LogP contribution in [0.3, 0.4) is 0 Å². The van der Waals surface area contributed by atoms with Crippen LogP contribution in [0.4, 0.5) is 0 Å². The lowest BCUT2D eigenvalue weighted by Gasteiger charge is -2.30. The topological polar surface area (TPSA) is 114 Å². The van der Waals surface area contributed by atoms with Crippen molar-refractivity contribution in [3.63, 3.8) is 0 Å². The Hall–Kier alpha value is -2.81. The van der Waals surface area contributed by atoms with Crippen molar-refractivity contribution in [1.82, 2.24) is 5.32 Å². The van der Waals surface area contributed by atoms with E-state index in [9.17, 15) is 19.0 Å². The third-order valence-corrected chi connectivity index (χ3v) is 13.5. The van der Waals surface area contributed by atoms with E-state index in [0.29, 0.717) is 23.9 Å². The summed E-state index contributed by atoms with van der Waals surface area (Å²) in [6, 6.07) is -0.927. The summed E-state index contributed by atoms with van der Waals surface area (Å²) in [7, 11) is 1.13. The van der Waals surface area contributed by atoms with Gasteiger partial charge >= 0.3 is 5.97 Å². The average molecular weight is 1030 g/mol. The lowest BCUT2D eigenvalue weighted by atomic mass is 10.0. The molecule has 0 radical (unpaired) electrons. The van der Waals surface area contributed by atoms with Crippen LogP contribution in [0.25, 0.3) is 0 Å². The maximum absolute atomic E-state index is 13.5. The third-order valence-electron chi connectivity index (χ3n) is 12.6. The monoisotopic (exact) mass is 1030 g/mol. The van der Waals surface area contributed by atoms with Gasteiger partial charge in [-0.25, -0.2) is 0 Å². The van der Waals surface area contributed by atoms with Crippen molar-refractivity contribution in [2.75, 3.05) is 40.9 Å². The molecule has 72 heavy (non-hydrogen) atoms. The Morgan fingerprint density at radius 1 is 0.500 bits per heavy atom. The van der Waals surface area contributed by atoms with Gasteiger partial charge in [0.2, 0.25) is 5.91 Å². The minimum absolute atomic E-state index is 0.0389. The van der Waals surface area contributed by atoms with E-state index < -0.39 is 32.5 Å². The molecule has 0 aromatic carbocycles. The molecule has 3 unspecified atom stereocenters. The first kappa shape index (κ1) is 69.2. The van der Waals surface area contributed by atoms with E-state index in [1.54, 1.807) is 6.08 Å². The first-order valence-electron chi connectivity index (χ1n) is 29.4. The lowest BCUT2D eigenvalue weighted by Crippen LogP contribution is -2.47. The number of carbonyl (C=O) groups excluding carboxylic acids is 2. The number of nitrogens with zero attached hydrogens (tertiary/aromatic N) is 1. The van der Waals surface area contributed by atoms with Gasteiger partial charge in [-0.3, -0.25) is 14.2 Å². The molecule has 0 spiro atoms. The molecule has 0 aliphatic rings. The van der Waals surface area contributed by atoms with Crippen LogP contribution in [0.2, 0.25) is 0 Å². The summed E-state index contributed by atoms with van der Waals surface area (Å²) in [6.07, 6.45) is 67.0. The summed E-state index contributed by atoms with van der Waals surface area (Å²) in [4.78, 5) is 39.9. The molecule has 0 fully saturated rings. The van der Waals surface area contributed by atoms with Gasteiger partial charge in [0.15, 0.2) is 0 Å². The molecule has 3 atom stereocenters. The summed E-state index contributed by atoms with van der Waals surface area (Å²) in [5.74, 6) is -0.640. The van der Waals surface area contributed by atoms with Crippen LogP contribution in [0.1, 0.15) is 245 Å². The Kier molecular flexibility index (Phi) is 49.6. The highest BCUT2D eigenvalue weighted by atomic mass is 31.2. The molecule has 10 heteroatoms. The fourth-order valence-electron chi connectivity index (χ4n) is 7.97. The Labute approximate surface area is 444 Å². The predicted molar refractivity (Wildman–Crippen MR) is 307 cm³/mol. The van der Waals surface area contributed by atoms with Crippen LogP contribution in [0.15, 0.2) is 85.1 Å². The molecule has 0 bridgehead atoms. The molecule has 9 nitrogen and oxygen atoms in total. The number of hydrogen-bond acceptors (Lipinski definition) is 7. The molecule has 0 aliphatic heterocycles. The standard InChI is InChI=1S/C62H111N2O7P/c1-7-10-13-16-19-22-25-28-30-32-34-37-40-43-46-49-52-55-62(66)71-60(53-50-47-44-41-38-35-27-24-21-18-15-12-9-3)59(58-70-72(67,68)69-57-56-64(4,5)6)63-61(65)54-51-48-45-42-39-36-33-31-29-26-23-20-17-14-11-8-2/h19,22,28,30-31,33-34,36-37,39,43,46,50,53,59-60H,7-18,20-21,23-27,29,32,35,38,40-42,44-45,47-49,51-52,54-58H2,1-6H3,(H-,63,65,67,68)/b22-19-,30-28-,33-31+,37-34-,39-36+,46-43-,53-50+. The summed E-state index contributed by atoms with van der Waals surface area (Å²) in [6.45, 7) is 6.74. The first-order valence-corrected chi connectivity index (χ1v) is 30.9. The number of esters is 1. The van der Waals surface area contributed by atoms with Gasteiger partial charge in [-0.15, -0.1) is 0 Å². The van der Waals surface area contributed by atoms with Crippen molar-refractivity contribution in [2.45, 2.75) is 258 Å². The Balaban J connectivity index is 5.50. The smallest absolute Gasteiger partial charge is 0.306 e. The van der Waals surface area contributed by atoms with E-state index in [1.165, 1.54) is 128 Å². The molecule has 1 N–H and O–H groups in total. The SMILES string of the molecule is CCCCC/C=C\C/C=C\C/C=C\C/C=C\CCCC(=O)OC(/C=C/CCCCCCCCCCCCC)C(COP(=O)([O-])OCC[N+](C)(C)C)NC(=O)CCCCC/C=C/C=C/CCCCCCCCC. The largest absolute Gasteiger partial charge is 0.756 e. The molecule has 1 amide bonds. The first-order chi connectivity index (χ1) is 34.9. The zero-order valence-corrected chi connectivity index (χ0v) is 48.3. The second-order valence-electron chi connectivity index (χ2n) is 20.8. The van der Waals surface area contributed by atoms with Gasteiger partial charge in [0, 0.05) is 12.8 Å². The summed E-state index contributed by atoms with van der Waals surface area (Å²) >= 11 is 0. The van der Waals surface area contributed by atoms with Gasteiger partial charge < -0.3 is 28.5 Å². The molecule has 0 saturated heterocycles. The molecule has 0 aliphatic carbocycles. The van der Waals surface area contributed by atoms with Crippen LogP contribution in [0, 0.1) is 0 Å². The number of ether oxygens (including phenoxy) is 1. The molecule has 0 rings (SSSR count). The van der Waals surface area contributed by atoms with Gasteiger partial charge in [-0.2, -0.15) is 0 Å². The van der Waals surface area contributed by atoms with Gasteiger partial charge in [-0.05, 0) is 96.0 Å². The zero-order chi connectivity index (χ0) is 52.9. The Morgan fingerprint density at radius 3 is 1.40 bits per heavy atom. The second-order valence-corrected chi connectivity index (χ2v) is 22.2. The highest BCUT2D eigenvalue weighted by molar-refractivity contribution is 7.45. The number of phosphoric acid groups is 1. The molecule has 0 aromatic heterocycles. The van der Waals surface area contributed by atoms with Crippen LogP contribution in [-0.4, -0.2) is 69.4 Å². The Morgan fingerprint density at radius 2 is 0.903 bits per heavy atom. The minimum atomic E-state index is -4.72. The normalized spacial score (nSPS) is 14.4. The molecular formula is C62H111N2O7P. The van der Waals surface area contributed by atoms with E-state index in [2.05, 4.69) is 99.0 Å². The van der Waals surface area contributed by atoms with E-state index in [-0.39, 0.29) is 25.4 Å². The fraction of sp³-hybridized carbons (Fsp3) is 0.742. The number of amides is 1. The maximum Gasteiger partial charge on any atom is 0.306 e. The van der Waals surface area contributed by atoms with Crippen molar-refractivity contribution in [3.8, 4) is 0 Å². The predicted octanol–water partition coefficient (Wildman–Crippen LogP) is 17.2. The van der Waals surface area contributed by atoms with E-state index in [1.807, 2.05) is 27.2 Å². The van der Waals surface area contributed by atoms with Crippen LogP contribution in [-0.2, 0) is 27.9 Å². The van der Waals surface area contributed by atoms with Gasteiger partial charge in [0.1, 0.15) is 19.3 Å². The van der Waals surface area contributed by atoms with Gasteiger partial charge in [0.05, 0.1) is 33.8 Å². The average Bonchev–Trinajstić information content (AvgIpc) is 3.34. The second kappa shape index (κ2) is 51.7. The minimum Gasteiger partial charge on any atom is -0.756 e. The number of likely N-dealkylation sites (N-methyl/N-ethyl adjacent to an activating group) is 1. The van der Waals surface area contributed by atoms with Crippen molar-refractivity contribution < 1.29 is 37.3 Å². The van der Waals surface area contributed by atoms with Crippen molar-refractivity contribution in [3.05, 3.63) is 85.1 Å². The maximum atomic E-state index is 13.5. The summed E-state index contributed by atoms with van der Waals surface area (Å²) in [5, 5.41) is 2.99. The quantitative estimate of drug-likeness (QED) is 0.0161. The summed E-state index contributed by atoms with van der Waals surface area (Å²) in [5.41, 5.74) is 0. The molecule has 0 saturated carbocycles. The van der Waals surface area contributed by atoms with E-state index >= 15 is 0 Å². The van der Waals surface area contributed by atoms with Crippen LogP contribution in [0.5, 0.6) is 0 Å². The number of allylic oxidation sites excluding steroid dienone is 13. The highest BCUT2D eigenvalue weighted by Crippen LogP contribution is 2.38. The van der Waals surface area contributed by atoms with Crippen molar-refractivity contribution in [2.24, 2.45) is 0 Å². The lowest BCUT2D eigenvalue weighted by molar-refractivity contribution is -0.870. The fourth-order valence-corrected chi connectivity index (χ4v) is 8.70. The molecular weight excluding hydrogens is 916 g/mol. The van der Waals surface area contributed by atoms with Crippen molar-refractivity contribution >= 4 is 19.7 Å². The number of rotatable bonds is 52. The van der Waals surface area contributed by atoms with Gasteiger partial charge in [-0.1, -0.05) is 222 Å². The van der Waals surface area contributed by atoms with E-state index in [4.69, 9.17) is 13.8 Å². The molecule has 416 valence electrons. The van der Waals surface area contributed by atoms with Gasteiger partial charge in [0.25, 0.3) is 7.82 Å². The number of carbonyl (C=O) groups is 2. The van der Waals surface area contributed by atoms with E-state index in [0.717, 1.165) is 70.6 Å². The molecule has 0 aromatic rings. The van der Waals surface area contributed by atoms with Crippen LogP contribution < -0.4 is 10.2 Å².